The van der Waals surface area contributed by atoms with E-state index in [2.05, 4.69) is 0 Å². The molecule has 2 aromatic carbocycles. The molecule has 0 fully saturated rings. The maximum absolute atomic E-state index is 12.2. The van der Waals surface area contributed by atoms with Crippen LogP contribution in [0.5, 0.6) is 0 Å². The van der Waals surface area contributed by atoms with E-state index in [9.17, 15) is 14.9 Å². The summed E-state index contributed by atoms with van der Waals surface area (Å²) >= 11 is 0. The summed E-state index contributed by atoms with van der Waals surface area (Å²) in [7, 11) is 0. The van der Waals surface area contributed by atoms with Crippen LogP contribution in [0.3, 0.4) is 0 Å². The number of carbonyl (C=O) groups is 1. The van der Waals surface area contributed by atoms with Gasteiger partial charge in [-0.05, 0) is 36.5 Å². The lowest BCUT2D eigenvalue weighted by molar-refractivity contribution is -0.117. The Bertz CT molecular complexity index is 1010. The highest BCUT2D eigenvalue weighted by molar-refractivity contribution is 5.82. The fourth-order valence-electron chi connectivity index (χ4n) is 3.17. The lowest BCUT2D eigenvalue weighted by Gasteiger charge is -2.18. The highest BCUT2D eigenvalue weighted by atomic mass is 16.4. The predicted molar refractivity (Wildman–Crippen MR) is 95.4 cm³/mol. The van der Waals surface area contributed by atoms with Crippen molar-refractivity contribution in [2.24, 2.45) is 0 Å². The van der Waals surface area contributed by atoms with Gasteiger partial charge in [-0.3, -0.25) is 0 Å². The molecular weight excluding hydrogens is 314 g/mol. The Labute approximate surface area is 145 Å². The van der Waals surface area contributed by atoms with Gasteiger partial charge < -0.3 is 9.21 Å². The lowest BCUT2D eigenvalue weighted by Crippen LogP contribution is -2.14. The first-order valence-corrected chi connectivity index (χ1v) is 8.09. The summed E-state index contributed by atoms with van der Waals surface area (Å²) in [6.07, 6.45) is 0.780. The monoisotopic (exact) mass is 331 g/mol. The molecule has 0 aliphatic heterocycles. The Morgan fingerprint density at radius 2 is 1.80 bits per heavy atom. The van der Waals surface area contributed by atoms with E-state index in [1.54, 1.807) is 19.1 Å². The van der Waals surface area contributed by atoms with Crippen molar-refractivity contribution >= 4 is 16.8 Å². The van der Waals surface area contributed by atoms with Crippen molar-refractivity contribution in [3.8, 4) is 6.07 Å². The minimum Gasteiger partial charge on any atom is -0.422 e. The number of hydrogen-bond donors (Lipinski definition) is 0. The number of Topliss-reactive ketones (excluding diaryl/α,β-unsaturated/α-hetero) is 1. The third-order valence-corrected chi connectivity index (χ3v) is 4.29. The van der Waals surface area contributed by atoms with Gasteiger partial charge in [-0.15, -0.1) is 0 Å². The molecule has 0 aliphatic carbocycles. The van der Waals surface area contributed by atoms with Gasteiger partial charge in [0.25, 0.3) is 0 Å². The Balaban J connectivity index is 2.15. The summed E-state index contributed by atoms with van der Waals surface area (Å²) < 4.78 is 5.25. The lowest BCUT2D eigenvalue weighted by atomic mass is 9.86. The van der Waals surface area contributed by atoms with Crippen molar-refractivity contribution in [3.05, 3.63) is 81.7 Å². The molecule has 0 amide bonds. The van der Waals surface area contributed by atoms with Crippen LogP contribution in [-0.2, 0) is 11.2 Å². The number of nitrogens with zero attached hydrogens (tertiary/aromatic N) is 1. The molecule has 3 rings (SSSR count). The number of benzene rings is 2. The number of hydrogen-bond acceptors (Lipinski definition) is 4. The van der Waals surface area contributed by atoms with E-state index in [0.29, 0.717) is 24.0 Å². The van der Waals surface area contributed by atoms with Crippen molar-refractivity contribution in [1.82, 2.24) is 0 Å². The van der Waals surface area contributed by atoms with E-state index in [1.807, 2.05) is 48.5 Å². The SMILES string of the molecule is CC(=O)C[C@H](Cc1c(C#N)c(=O)oc2ccccc12)c1ccccc1. The number of ketones is 1. The van der Waals surface area contributed by atoms with Gasteiger partial charge in [-0.2, -0.15) is 5.26 Å². The highest BCUT2D eigenvalue weighted by Gasteiger charge is 2.21. The molecule has 0 saturated carbocycles. The van der Waals surface area contributed by atoms with Crippen molar-refractivity contribution in [2.75, 3.05) is 0 Å². The molecule has 0 saturated heterocycles. The summed E-state index contributed by atoms with van der Waals surface area (Å²) in [4.78, 5) is 23.9. The molecular formula is C21H17NO3. The second kappa shape index (κ2) is 7.14. The van der Waals surface area contributed by atoms with Gasteiger partial charge in [0.15, 0.2) is 0 Å². The van der Waals surface area contributed by atoms with E-state index in [0.717, 1.165) is 10.9 Å². The van der Waals surface area contributed by atoms with Crippen molar-refractivity contribution in [3.63, 3.8) is 0 Å². The average Bonchev–Trinajstić information content (AvgIpc) is 2.61. The van der Waals surface area contributed by atoms with E-state index >= 15 is 0 Å². The molecule has 0 unspecified atom stereocenters. The number of fused-ring (bicyclic) bond motifs is 1. The largest absolute Gasteiger partial charge is 0.422 e. The third-order valence-electron chi connectivity index (χ3n) is 4.29. The van der Waals surface area contributed by atoms with Gasteiger partial charge >= 0.3 is 5.63 Å². The predicted octanol–water partition coefficient (Wildman–Crippen LogP) is 3.97. The van der Waals surface area contributed by atoms with Crippen molar-refractivity contribution in [2.45, 2.75) is 25.7 Å². The van der Waals surface area contributed by atoms with E-state index in [4.69, 9.17) is 4.42 Å². The smallest absolute Gasteiger partial charge is 0.354 e. The standard InChI is InChI=1S/C21H17NO3/c1-14(23)11-16(15-7-3-2-4-8-15)12-18-17-9-5-6-10-20(17)25-21(24)19(18)13-22/h2-10,16H,11-12H2,1H3/t16-/m1/s1. The summed E-state index contributed by atoms with van der Waals surface area (Å²) in [6, 6.07) is 18.8. The molecule has 1 heterocycles. The van der Waals surface area contributed by atoms with Crippen LogP contribution in [0.2, 0.25) is 0 Å². The van der Waals surface area contributed by atoms with Gasteiger partial charge in [-0.1, -0.05) is 48.5 Å². The van der Waals surface area contributed by atoms with Crippen LogP contribution in [0, 0.1) is 11.3 Å². The topological polar surface area (TPSA) is 71.1 Å². The molecule has 0 spiro atoms. The Morgan fingerprint density at radius 1 is 1.12 bits per heavy atom. The summed E-state index contributed by atoms with van der Waals surface area (Å²) in [5.41, 5.74) is 1.49. The van der Waals surface area contributed by atoms with Crippen LogP contribution < -0.4 is 5.63 Å². The Hall–Kier alpha value is -3.19. The number of para-hydroxylation sites is 1. The van der Waals surface area contributed by atoms with Crippen LogP contribution in [0.25, 0.3) is 11.0 Å². The zero-order valence-corrected chi connectivity index (χ0v) is 13.9. The minimum atomic E-state index is -0.633. The molecule has 1 aromatic heterocycles. The maximum Gasteiger partial charge on any atom is 0.354 e. The second-order valence-corrected chi connectivity index (χ2v) is 6.07. The van der Waals surface area contributed by atoms with Crippen LogP contribution in [-0.4, -0.2) is 5.78 Å². The first kappa shape index (κ1) is 16.7. The van der Waals surface area contributed by atoms with Gasteiger partial charge in [-0.25, -0.2) is 4.79 Å². The fourth-order valence-corrected chi connectivity index (χ4v) is 3.17. The van der Waals surface area contributed by atoms with Crippen LogP contribution in [0.4, 0.5) is 0 Å². The van der Waals surface area contributed by atoms with Gasteiger partial charge in [0.1, 0.15) is 23.0 Å². The molecule has 0 aliphatic rings. The third kappa shape index (κ3) is 3.51. The number of carbonyl (C=O) groups excluding carboxylic acids is 1. The summed E-state index contributed by atoms with van der Waals surface area (Å²) in [5, 5.41) is 10.2. The first-order valence-electron chi connectivity index (χ1n) is 8.09. The van der Waals surface area contributed by atoms with Gasteiger partial charge in [0.05, 0.1) is 0 Å². The van der Waals surface area contributed by atoms with E-state index in [1.165, 1.54) is 0 Å². The highest BCUT2D eigenvalue weighted by Crippen LogP contribution is 2.29. The molecule has 4 nitrogen and oxygen atoms in total. The molecule has 124 valence electrons. The van der Waals surface area contributed by atoms with Gasteiger partial charge in [0, 0.05) is 11.8 Å². The van der Waals surface area contributed by atoms with Crippen molar-refractivity contribution in [1.29, 1.82) is 5.26 Å². The molecule has 0 radical (unpaired) electrons. The van der Waals surface area contributed by atoms with Crippen molar-refractivity contribution < 1.29 is 9.21 Å². The molecule has 0 bridgehead atoms. The minimum absolute atomic E-state index is 0.0168. The zero-order valence-electron chi connectivity index (χ0n) is 13.9. The molecule has 25 heavy (non-hydrogen) atoms. The maximum atomic E-state index is 12.2. The van der Waals surface area contributed by atoms with E-state index < -0.39 is 5.63 Å². The second-order valence-electron chi connectivity index (χ2n) is 6.07. The van der Waals surface area contributed by atoms with Crippen LogP contribution >= 0.6 is 0 Å². The normalized spacial score (nSPS) is 11.8. The molecule has 4 heteroatoms. The summed E-state index contributed by atoms with van der Waals surface area (Å²) in [5.74, 6) is -0.0318. The Kier molecular flexibility index (Phi) is 4.76. The number of rotatable bonds is 5. The van der Waals surface area contributed by atoms with E-state index in [-0.39, 0.29) is 17.3 Å². The summed E-state index contributed by atoms with van der Waals surface area (Å²) in [6.45, 7) is 1.55. The van der Waals surface area contributed by atoms with Gasteiger partial charge in [0.2, 0.25) is 0 Å². The average molecular weight is 331 g/mol. The molecule has 0 N–H and O–H groups in total. The van der Waals surface area contributed by atoms with Crippen LogP contribution in [0.15, 0.2) is 63.8 Å². The molecule has 1 atom stereocenters. The first-order chi connectivity index (χ1) is 12.1. The molecule has 3 aromatic rings. The van der Waals surface area contributed by atoms with Crippen LogP contribution in [0.1, 0.15) is 36.0 Å². The zero-order chi connectivity index (χ0) is 17.8. The fraction of sp³-hybridized carbons (Fsp3) is 0.190. The Morgan fingerprint density at radius 3 is 2.48 bits per heavy atom. The number of nitriles is 1. The quantitative estimate of drug-likeness (QED) is 0.663.